The molecule has 0 saturated heterocycles. The molecule has 14 heteroatoms. The van der Waals surface area contributed by atoms with E-state index in [-0.39, 0.29) is 12.5 Å². The molecule has 0 bridgehead atoms. The van der Waals surface area contributed by atoms with Gasteiger partial charge in [-0.05, 0) is 24.6 Å². The van der Waals surface area contributed by atoms with E-state index in [1.807, 2.05) is 41.6 Å². The SMILES string of the molecule is C[C@@H](NC(=O)[C@H](O)[C@@H](O)C(=O)N1Cc2nc(N)ncc2[C@@H]1c1csc(N)n1)c1ccc(N2C=CCN2)cc1. The molecule has 0 radical (unpaired) electrons. The molecular formula is C24H27N9O4S. The van der Waals surface area contributed by atoms with E-state index < -0.39 is 36.1 Å². The van der Waals surface area contributed by atoms with E-state index in [4.69, 9.17) is 11.5 Å². The Hall–Kier alpha value is -4.11. The minimum absolute atomic E-state index is 0.0157. The molecule has 3 aromatic rings. The Morgan fingerprint density at radius 3 is 2.61 bits per heavy atom. The molecule has 2 amide bonds. The van der Waals surface area contributed by atoms with Crippen molar-refractivity contribution in [3.63, 3.8) is 0 Å². The standard InChI is InChI=1S/C24H27N9O4S/c1-12(13-3-5-14(6-4-13)33-8-2-7-28-33)29-21(36)19(34)20(35)22(37)32-10-16-15(9-27-23(25)30-16)18(32)17-11-38-24(26)31-17/h2-6,8-9,11-12,18-20,28,34-35H,7,10H2,1H3,(H2,26,31)(H,29,36)(H2,25,27,30)/t12-,18-,19-,20-/m1/s1. The van der Waals surface area contributed by atoms with E-state index in [0.29, 0.717) is 22.1 Å². The highest BCUT2D eigenvalue weighted by molar-refractivity contribution is 7.13. The summed E-state index contributed by atoms with van der Waals surface area (Å²) in [7, 11) is 0. The summed E-state index contributed by atoms with van der Waals surface area (Å²) in [6.07, 6.45) is 1.36. The number of nitrogens with one attached hydrogen (secondary N) is 2. The number of amides is 2. The van der Waals surface area contributed by atoms with Gasteiger partial charge in [0.15, 0.2) is 17.3 Å². The van der Waals surface area contributed by atoms with Gasteiger partial charge in [-0.3, -0.25) is 14.6 Å². The van der Waals surface area contributed by atoms with Gasteiger partial charge in [-0.2, -0.15) is 0 Å². The largest absolute Gasteiger partial charge is 0.380 e. The van der Waals surface area contributed by atoms with Gasteiger partial charge in [-0.25, -0.2) is 20.4 Å². The van der Waals surface area contributed by atoms with E-state index in [9.17, 15) is 19.8 Å². The fraction of sp³-hybridized carbons (Fsp3) is 0.292. The topological polar surface area (TPSA) is 196 Å². The van der Waals surface area contributed by atoms with Crippen molar-refractivity contribution in [1.29, 1.82) is 0 Å². The van der Waals surface area contributed by atoms with Gasteiger partial charge in [0.1, 0.15) is 6.04 Å². The molecule has 38 heavy (non-hydrogen) atoms. The van der Waals surface area contributed by atoms with Crippen molar-refractivity contribution in [2.75, 3.05) is 23.0 Å². The van der Waals surface area contributed by atoms with Crippen LogP contribution in [0.15, 0.2) is 48.1 Å². The highest BCUT2D eigenvalue weighted by Crippen LogP contribution is 2.38. The van der Waals surface area contributed by atoms with Crippen LogP contribution in [0.4, 0.5) is 16.8 Å². The summed E-state index contributed by atoms with van der Waals surface area (Å²) in [5.41, 5.74) is 17.9. The third-order valence-corrected chi connectivity index (χ3v) is 7.12. The fourth-order valence-corrected chi connectivity index (χ4v) is 5.04. The van der Waals surface area contributed by atoms with E-state index in [1.165, 1.54) is 22.4 Å². The lowest BCUT2D eigenvalue weighted by Gasteiger charge is -2.28. The summed E-state index contributed by atoms with van der Waals surface area (Å²) in [6, 6.07) is 6.23. The van der Waals surface area contributed by atoms with Crippen molar-refractivity contribution in [3.8, 4) is 0 Å². The quantitative estimate of drug-likeness (QED) is 0.237. The number of hydrogen-bond donors (Lipinski definition) is 6. The molecule has 4 heterocycles. The van der Waals surface area contributed by atoms with Crippen molar-refractivity contribution in [2.24, 2.45) is 0 Å². The fourth-order valence-electron chi connectivity index (χ4n) is 4.46. The predicted molar refractivity (Wildman–Crippen MR) is 140 cm³/mol. The molecule has 8 N–H and O–H groups in total. The van der Waals surface area contributed by atoms with Crippen LogP contribution in [0.5, 0.6) is 0 Å². The normalized spacial score (nSPS) is 18.8. The van der Waals surface area contributed by atoms with Crippen molar-refractivity contribution in [2.45, 2.75) is 37.8 Å². The summed E-state index contributed by atoms with van der Waals surface area (Å²) in [4.78, 5) is 39.9. The minimum atomic E-state index is -2.03. The Kier molecular flexibility index (Phi) is 6.94. The molecule has 5 rings (SSSR count). The third-order valence-electron chi connectivity index (χ3n) is 6.43. The number of anilines is 3. The van der Waals surface area contributed by atoms with Crippen molar-refractivity contribution in [1.82, 2.24) is 30.6 Å². The molecule has 0 unspecified atom stereocenters. The first-order valence-electron chi connectivity index (χ1n) is 11.8. The molecule has 0 spiro atoms. The van der Waals surface area contributed by atoms with E-state index in [1.54, 1.807) is 12.3 Å². The molecule has 0 saturated carbocycles. The number of hydrogen-bond acceptors (Lipinski definition) is 12. The van der Waals surface area contributed by atoms with Crippen LogP contribution in [-0.4, -0.2) is 60.6 Å². The Morgan fingerprint density at radius 2 is 1.95 bits per heavy atom. The highest BCUT2D eigenvalue weighted by Gasteiger charge is 2.42. The maximum Gasteiger partial charge on any atom is 0.255 e. The number of rotatable bonds is 7. The van der Waals surface area contributed by atoms with Crippen LogP contribution in [0, 0.1) is 0 Å². The number of benzene rings is 1. The number of aromatic nitrogens is 3. The number of aliphatic hydroxyl groups excluding tert-OH is 2. The van der Waals surface area contributed by atoms with Gasteiger partial charge in [0.05, 0.1) is 29.7 Å². The summed E-state index contributed by atoms with van der Waals surface area (Å²) in [6.45, 7) is 2.47. The Labute approximate surface area is 221 Å². The van der Waals surface area contributed by atoms with Crippen LogP contribution in [0.25, 0.3) is 0 Å². The number of carbonyl (C=O) groups excluding carboxylic acids is 2. The molecular weight excluding hydrogens is 510 g/mol. The number of aliphatic hydroxyl groups is 2. The summed E-state index contributed by atoms with van der Waals surface area (Å²) in [5.74, 6) is -1.73. The van der Waals surface area contributed by atoms with Gasteiger partial charge >= 0.3 is 0 Å². The van der Waals surface area contributed by atoms with E-state index in [0.717, 1.165) is 17.8 Å². The summed E-state index contributed by atoms with van der Waals surface area (Å²) < 4.78 is 0. The second-order valence-electron chi connectivity index (χ2n) is 8.94. The molecule has 13 nitrogen and oxygen atoms in total. The molecule has 2 aromatic heterocycles. The molecule has 2 aliphatic heterocycles. The zero-order chi connectivity index (χ0) is 27.0. The summed E-state index contributed by atoms with van der Waals surface area (Å²) >= 11 is 1.19. The number of thiazole rings is 1. The zero-order valence-corrected chi connectivity index (χ0v) is 21.2. The van der Waals surface area contributed by atoms with Gasteiger partial charge in [-0.1, -0.05) is 18.2 Å². The number of nitrogen functional groups attached to an aromatic ring is 2. The molecule has 1 aromatic carbocycles. The minimum Gasteiger partial charge on any atom is -0.380 e. The lowest BCUT2D eigenvalue weighted by atomic mass is 10.1. The van der Waals surface area contributed by atoms with Gasteiger partial charge in [-0.15, -0.1) is 11.3 Å². The van der Waals surface area contributed by atoms with Crippen LogP contribution in [0.1, 0.15) is 41.5 Å². The maximum atomic E-state index is 13.3. The Balaban J connectivity index is 1.27. The average molecular weight is 538 g/mol. The van der Waals surface area contributed by atoms with Crippen LogP contribution >= 0.6 is 11.3 Å². The van der Waals surface area contributed by atoms with Gasteiger partial charge in [0, 0.05) is 29.9 Å². The summed E-state index contributed by atoms with van der Waals surface area (Å²) in [5, 5.41) is 27.9. The Morgan fingerprint density at radius 1 is 1.18 bits per heavy atom. The van der Waals surface area contributed by atoms with Crippen LogP contribution in [-0.2, 0) is 16.1 Å². The first-order chi connectivity index (χ1) is 18.2. The van der Waals surface area contributed by atoms with Crippen molar-refractivity contribution >= 4 is 39.9 Å². The lowest BCUT2D eigenvalue weighted by Crippen LogP contribution is -2.50. The van der Waals surface area contributed by atoms with E-state index in [2.05, 4.69) is 25.7 Å². The Bertz CT molecular complexity index is 1380. The number of nitrogens with two attached hydrogens (primary N) is 2. The number of hydrazine groups is 1. The number of nitrogens with zero attached hydrogens (tertiary/aromatic N) is 5. The first-order valence-corrected chi connectivity index (χ1v) is 12.7. The second kappa shape index (κ2) is 10.3. The molecule has 4 atom stereocenters. The molecule has 2 aliphatic rings. The van der Waals surface area contributed by atoms with Gasteiger partial charge < -0.3 is 31.9 Å². The van der Waals surface area contributed by atoms with Crippen LogP contribution < -0.4 is 27.2 Å². The van der Waals surface area contributed by atoms with Crippen LogP contribution in [0.3, 0.4) is 0 Å². The highest BCUT2D eigenvalue weighted by atomic mass is 32.1. The molecule has 0 aliphatic carbocycles. The molecule has 0 fully saturated rings. The number of fused-ring (bicyclic) bond motifs is 1. The third kappa shape index (κ3) is 4.89. The monoisotopic (exact) mass is 537 g/mol. The van der Waals surface area contributed by atoms with Crippen molar-refractivity contribution < 1.29 is 19.8 Å². The van der Waals surface area contributed by atoms with Crippen molar-refractivity contribution in [3.05, 3.63) is 70.6 Å². The van der Waals surface area contributed by atoms with Gasteiger partial charge in [0.25, 0.3) is 11.8 Å². The second-order valence-corrected chi connectivity index (χ2v) is 9.83. The zero-order valence-electron chi connectivity index (χ0n) is 20.4. The predicted octanol–water partition coefficient (Wildman–Crippen LogP) is -0.0334. The average Bonchev–Trinajstić information content (AvgIpc) is 3.67. The number of carbonyl (C=O) groups is 2. The van der Waals surface area contributed by atoms with Crippen LogP contribution in [0.2, 0.25) is 0 Å². The molecule has 198 valence electrons. The first kappa shape index (κ1) is 25.5. The smallest absolute Gasteiger partial charge is 0.255 e. The lowest BCUT2D eigenvalue weighted by molar-refractivity contribution is -0.154. The van der Waals surface area contributed by atoms with E-state index >= 15 is 0 Å². The van der Waals surface area contributed by atoms with Gasteiger partial charge in [0.2, 0.25) is 5.95 Å². The maximum absolute atomic E-state index is 13.3.